The highest BCUT2D eigenvalue weighted by Crippen LogP contribution is 2.30. The number of allylic oxidation sites excluding steroid dienone is 21. The molecule has 2 rings (SSSR count). The van der Waals surface area contributed by atoms with Gasteiger partial charge in [-0.25, -0.2) is 0 Å². The zero-order chi connectivity index (χ0) is 61.6. The van der Waals surface area contributed by atoms with Gasteiger partial charge in [0.2, 0.25) is 5.91 Å². The molecule has 9 N–H and O–H groups in total. The summed E-state index contributed by atoms with van der Waals surface area (Å²) >= 11 is 0. The molecule has 2 fully saturated rings. The number of amides is 1. The third-order valence-corrected chi connectivity index (χ3v) is 15.0. The second-order valence-corrected chi connectivity index (χ2v) is 22.5. The van der Waals surface area contributed by atoms with Crippen LogP contribution in [-0.2, 0) is 23.7 Å². The van der Waals surface area contributed by atoms with Crippen LogP contribution in [0.1, 0.15) is 213 Å². The van der Waals surface area contributed by atoms with Gasteiger partial charge in [-0.3, -0.25) is 4.79 Å². The zero-order valence-corrected chi connectivity index (χ0v) is 52.3. The molecule has 0 aromatic heterocycles. The van der Waals surface area contributed by atoms with Gasteiger partial charge < -0.3 is 65.1 Å². The molecule has 0 radical (unpaired) electrons. The maximum absolute atomic E-state index is 13.3. The Morgan fingerprint density at radius 3 is 1.29 bits per heavy atom. The molecule has 0 bridgehead atoms. The van der Waals surface area contributed by atoms with Crippen molar-refractivity contribution >= 4 is 5.91 Å². The average molecular weight is 1190 g/mol. The molecule has 0 aliphatic carbocycles. The SMILES string of the molecule is CC/C=C\C/C=C\C/C=C\C/C=C\C/C=C\C/C=C\C/C=C\C/C=C\CCCCCCCCCCCCCCCCC(=O)NC(COC1OC(CO)C(OC2OC(CO)C(O)C(O)C2O)C(O)C1O)C(O)/C=C/CC/C=C/CC/C=C/CCCC. The Morgan fingerprint density at radius 1 is 0.435 bits per heavy atom. The fourth-order valence-electron chi connectivity index (χ4n) is 9.79. The second-order valence-electron chi connectivity index (χ2n) is 22.5. The third kappa shape index (κ3) is 38.9. The lowest BCUT2D eigenvalue weighted by molar-refractivity contribution is -0.359. The van der Waals surface area contributed by atoms with Crippen LogP contribution in [0.5, 0.6) is 0 Å². The number of aliphatic hydroxyl groups is 8. The van der Waals surface area contributed by atoms with Gasteiger partial charge in [-0.2, -0.15) is 0 Å². The second kappa shape index (κ2) is 54.3. The van der Waals surface area contributed by atoms with E-state index in [2.05, 4.69) is 141 Å². The summed E-state index contributed by atoms with van der Waals surface area (Å²) in [5, 5.41) is 87.0. The van der Waals surface area contributed by atoms with Gasteiger partial charge >= 0.3 is 0 Å². The van der Waals surface area contributed by atoms with E-state index < -0.39 is 86.8 Å². The highest BCUT2D eigenvalue weighted by atomic mass is 16.7. The molecule has 1 amide bonds. The topological polar surface area (TPSA) is 228 Å². The predicted molar refractivity (Wildman–Crippen MR) is 345 cm³/mol. The molecule has 0 spiro atoms. The normalized spacial score (nSPS) is 24.4. The smallest absolute Gasteiger partial charge is 0.220 e. The van der Waals surface area contributed by atoms with E-state index in [0.29, 0.717) is 12.8 Å². The summed E-state index contributed by atoms with van der Waals surface area (Å²) in [4.78, 5) is 13.3. The lowest BCUT2D eigenvalue weighted by Gasteiger charge is -2.46. The minimum atomic E-state index is -1.80. The first-order valence-corrected chi connectivity index (χ1v) is 32.9. The van der Waals surface area contributed by atoms with Gasteiger partial charge in [0.1, 0.15) is 48.8 Å². The summed E-state index contributed by atoms with van der Waals surface area (Å²) in [6.45, 7) is 2.58. The molecular formula is C71H117NO13. The lowest BCUT2D eigenvalue weighted by atomic mass is 9.97. The number of hydrogen-bond donors (Lipinski definition) is 9. The molecule has 0 aromatic carbocycles. The number of carbonyl (C=O) groups excluding carboxylic acids is 1. The number of carbonyl (C=O) groups is 1. The van der Waals surface area contributed by atoms with Gasteiger partial charge in [0.15, 0.2) is 12.6 Å². The summed E-state index contributed by atoms with van der Waals surface area (Å²) in [6.07, 6.45) is 63.8. The van der Waals surface area contributed by atoms with Crippen LogP contribution >= 0.6 is 0 Å². The van der Waals surface area contributed by atoms with Crippen LogP contribution in [0.15, 0.2) is 134 Å². The molecule has 12 unspecified atom stereocenters. The van der Waals surface area contributed by atoms with Crippen molar-refractivity contribution in [3.8, 4) is 0 Å². The van der Waals surface area contributed by atoms with Crippen molar-refractivity contribution in [1.82, 2.24) is 5.32 Å². The summed E-state index contributed by atoms with van der Waals surface area (Å²) in [6, 6.07) is -0.945. The van der Waals surface area contributed by atoms with E-state index in [9.17, 15) is 45.6 Å². The van der Waals surface area contributed by atoms with Gasteiger partial charge in [0, 0.05) is 6.42 Å². The van der Waals surface area contributed by atoms with Crippen LogP contribution in [0.25, 0.3) is 0 Å². The summed E-state index contributed by atoms with van der Waals surface area (Å²) in [7, 11) is 0. The van der Waals surface area contributed by atoms with E-state index in [1.807, 2.05) is 6.08 Å². The molecule has 2 aliphatic heterocycles. The first-order valence-electron chi connectivity index (χ1n) is 32.9. The molecule has 484 valence electrons. The Labute approximate surface area is 513 Å². The van der Waals surface area contributed by atoms with E-state index in [1.54, 1.807) is 6.08 Å². The van der Waals surface area contributed by atoms with Crippen molar-refractivity contribution < 1.29 is 64.6 Å². The number of nitrogens with one attached hydrogen (secondary N) is 1. The van der Waals surface area contributed by atoms with Gasteiger partial charge in [0.25, 0.3) is 0 Å². The minimum Gasteiger partial charge on any atom is -0.394 e. The van der Waals surface area contributed by atoms with Crippen LogP contribution in [0.4, 0.5) is 0 Å². The summed E-state index contributed by atoms with van der Waals surface area (Å²) in [5.41, 5.74) is 0. The molecule has 0 saturated carbocycles. The van der Waals surface area contributed by atoms with Gasteiger partial charge in [-0.15, -0.1) is 0 Å². The highest BCUT2D eigenvalue weighted by molar-refractivity contribution is 5.76. The maximum atomic E-state index is 13.3. The van der Waals surface area contributed by atoms with Crippen molar-refractivity contribution in [3.63, 3.8) is 0 Å². The number of unbranched alkanes of at least 4 members (excludes halogenated alkanes) is 18. The molecule has 14 heteroatoms. The summed E-state index contributed by atoms with van der Waals surface area (Å²) in [5.74, 6) is -0.261. The van der Waals surface area contributed by atoms with E-state index in [0.717, 1.165) is 103 Å². The van der Waals surface area contributed by atoms with Crippen molar-refractivity contribution in [2.24, 2.45) is 0 Å². The molecular weight excluding hydrogens is 1070 g/mol. The fourth-order valence-corrected chi connectivity index (χ4v) is 9.79. The Balaban J connectivity index is 1.60. The predicted octanol–water partition coefficient (Wildman–Crippen LogP) is 12.7. The van der Waals surface area contributed by atoms with E-state index in [-0.39, 0.29) is 18.9 Å². The Kier molecular flexibility index (Phi) is 49.3. The Bertz CT molecular complexity index is 1940. The molecule has 14 nitrogen and oxygen atoms in total. The maximum Gasteiger partial charge on any atom is 0.220 e. The quantitative estimate of drug-likeness (QED) is 0.0204. The summed E-state index contributed by atoms with van der Waals surface area (Å²) < 4.78 is 22.7. The van der Waals surface area contributed by atoms with Crippen molar-refractivity contribution in [3.05, 3.63) is 134 Å². The number of aliphatic hydroxyl groups excluding tert-OH is 8. The van der Waals surface area contributed by atoms with E-state index in [1.165, 1.54) is 77.0 Å². The fraction of sp³-hybridized carbons (Fsp3) is 0.676. The van der Waals surface area contributed by atoms with Crippen molar-refractivity contribution in [2.75, 3.05) is 19.8 Å². The van der Waals surface area contributed by atoms with Gasteiger partial charge in [-0.05, 0) is 103 Å². The van der Waals surface area contributed by atoms with Crippen LogP contribution in [0.2, 0.25) is 0 Å². The van der Waals surface area contributed by atoms with Crippen LogP contribution in [0.3, 0.4) is 0 Å². The third-order valence-electron chi connectivity index (χ3n) is 15.0. The highest BCUT2D eigenvalue weighted by Gasteiger charge is 2.51. The van der Waals surface area contributed by atoms with Crippen molar-refractivity contribution in [2.45, 2.75) is 286 Å². The Hall–Kier alpha value is -3.87. The largest absolute Gasteiger partial charge is 0.394 e. The van der Waals surface area contributed by atoms with Gasteiger partial charge in [-0.1, -0.05) is 237 Å². The average Bonchev–Trinajstić information content (AvgIpc) is 3.60. The Morgan fingerprint density at radius 2 is 0.824 bits per heavy atom. The minimum absolute atomic E-state index is 0.261. The van der Waals surface area contributed by atoms with E-state index in [4.69, 9.17) is 18.9 Å². The monoisotopic (exact) mass is 1190 g/mol. The van der Waals surface area contributed by atoms with E-state index >= 15 is 0 Å². The first kappa shape index (κ1) is 77.2. The van der Waals surface area contributed by atoms with Crippen molar-refractivity contribution in [1.29, 1.82) is 0 Å². The number of ether oxygens (including phenoxy) is 4. The number of hydrogen-bond acceptors (Lipinski definition) is 13. The zero-order valence-electron chi connectivity index (χ0n) is 52.3. The molecule has 85 heavy (non-hydrogen) atoms. The first-order chi connectivity index (χ1) is 41.6. The van der Waals surface area contributed by atoms with Crippen LogP contribution in [-0.4, -0.2) is 140 Å². The molecule has 2 heterocycles. The molecule has 0 aromatic rings. The molecule has 2 aliphatic rings. The van der Waals surface area contributed by atoms with Crippen LogP contribution in [0, 0.1) is 0 Å². The van der Waals surface area contributed by atoms with Gasteiger partial charge in [0.05, 0.1) is 32.0 Å². The number of rotatable bonds is 51. The molecule has 2 saturated heterocycles. The van der Waals surface area contributed by atoms with Crippen LogP contribution < -0.4 is 5.32 Å². The standard InChI is InChI=1S/C71H117NO13/c1-3-5-7-9-11-13-15-17-18-19-20-21-22-23-24-25-26-27-28-29-30-31-32-33-34-35-36-37-38-39-40-41-42-43-45-47-49-51-53-55-63(76)72-59(60(75)54-52-50-48-46-44-16-14-12-10-8-6-4-2)58-82-70-68(81)66(79)69(62(57-74)84-70)85-71-67(80)65(78)64(77)61(56-73)83-71/h5,7,10-13,17-18,20-21,23-24,26-27,29-30,32-33,44,46,52,54,59-62,64-71,73-75,77-81H,3-4,6,8-9,14-16,19,22,25,28,31,34-43,45,47-51,53,55-58H2,1-2H3,(H,72,76)/b7-5-,12-10+,13-11-,18-17-,21-20-,24-23-,27-26-,30-29-,33-32-,46-44+,54-52+. The lowest BCUT2D eigenvalue weighted by Crippen LogP contribution is -2.65. The molecule has 12 atom stereocenters.